The fourth-order valence-corrected chi connectivity index (χ4v) is 3.97. The molecule has 0 amide bonds. The summed E-state index contributed by atoms with van der Waals surface area (Å²) in [6, 6.07) is 11.0. The maximum Gasteiger partial charge on any atom is 0.105 e. The fraction of sp³-hybridized carbons (Fsp3) is 0.615. The van der Waals surface area contributed by atoms with Crippen LogP contribution in [-0.2, 0) is 6.54 Å². The van der Waals surface area contributed by atoms with E-state index in [0.29, 0.717) is 0 Å². The Hall–Kier alpha value is -1.05. The van der Waals surface area contributed by atoms with E-state index in [9.17, 15) is 0 Å². The first-order valence-corrected chi connectivity index (χ1v) is 11.4. The number of quaternary nitrogens is 1. The standard InChI is InChI=1S/C26H44N.ClH/c1-4-7-9-10-11-12-13-14-15-19-24-27(22-6-3,23-8-5-2)25-26-20-17-16-18-21-26;/h5-6,8,16-18,20-21H,3-4,7,9-15,19,22-25H2,1-2H3;1H/q+1;/p-1. The Morgan fingerprint density at radius 3 is 1.93 bits per heavy atom. The maximum atomic E-state index is 4.05. The summed E-state index contributed by atoms with van der Waals surface area (Å²) in [5, 5.41) is 0. The molecule has 1 aromatic rings. The predicted octanol–water partition coefficient (Wildman–Crippen LogP) is 4.69. The van der Waals surface area contributed by atoms with Crippen LogP contribution in [0.5, 0.6) is 0 Å². The van der Waals surface area contributed by atoms with Gasteiger partial charge in [0, 0.05) is 5.56 Å². The molecular formula is C26H44ClN. The minimum Gasteiger partial charge on any atom is -1.00 e. The van der Waals surface area contributed by atoms with E-state index < -0.39 is 0 Å². The first-order chi connectivity index (χ1) is 13.3. The summed E-state index contributed by atoms with van der Waals surface area (Å²) in [5.74, 6) is 0. The summed E-state index contributed by atoms with van der Waals surface area (Å²) in [5.41, 5.74) is 1.44. The lowest BCUT2D eigenvalue weighted by atomic mass is 10.1. The zero-order chi connectivity index (χ0) is 19.6. The zero-order valence-electron chi connectivity index (χ0n) is 18.6. The molecule has 0 saturated carbocycles. The maximum absolute atomic E-state index is 4.05. The minimum atomic E-state index is 0. The number of benzene rings is 1. The molecule has 0 aliphatic rings. The first-order valence-electron chi connectivity index (χ1n) is 11.4. The van der Waals surface area contributed by atoms with Crippen molar-refractivity contribution in [3.63, 3.8) is 0 Å². The highest BCUT2D eigenvalue weighted by Crippen LogP contribution is 2.18. The molecule has 1 rings (SSSR count). The molecule has 1 nitrogen and oxygen atoms in total. The molecule has 1 atom stereocenters. The normalized spacial score (nSPS) is 13.2. The van der Waals surface area contributed by atoms with Crippen LogP contribution < -0.4 is 12.4 Å². The second-order valence-electron chi connectivity index (χ2n) is 8.11. The number of rotatable bonds is 17. The highest BCUT2D eigenvalue weighted by Gasteiger charge is 2.24. The molecule has 0 saturated heterocycles. The summed E-state index contributed by atoms with van der Waals surface area (Å²) in [6.45, 7) is 13.0. The number of allylic oxidation sites excluding steroid dienone is 1. The van der Waals surface area contributed by atoms with Crippen LogP contribution in [0.2, 0.25) is 0 Å². The molecule has 0 aromatic heterocycles. The lowest BCUT2D eigenvalue weighted by Crippen LogP contribution is -3.00. The molecule has 28 heavy (non-hydrogen) atoms. The number of hydrogen-bond acceptors (Lipinski definition) is 0. The largest absolute Gasteiger partial charge is 1.00 e. The van der Waals surface area contributed by atoms with Crippen LogP contribution in [0.4, 0.5) is 0 Å². The van der Waals surface area contributed by atoms with Crippen LogP contribution in [-0.4, -0.2) is 24.1 Å². The third kappa shape index (κ3) is 12.4. The van der Waals surface area contributed by atoms with E-state index >= 15 is 0 Å². The van der Waals surface area contributed by atoms with E-state index in [1.54, 1.807) is 0 Å². The van der Waals surface area contributed by atoms with Gasteiger partial charge in [0.1, 0.15) is 6.54 Å². The number of halogens is 1. The van der Waals surface area contributed by atoms with E-state index in [4.69, 9.17) is 0 Å². The average Bonchev–Trinajstić information content (AvgIpc) is 2.69. The van der Waals surface area contributed by atoms with Crippen molar-refractivity contribution in [2.24, 2.45) is 0 Å². The smallest absolute Gasteiger partial charge is 0.105 e. The quantitative estimate of drug-likeness (QED) is 0.200. The zero-order valence-corrected chi connectivity index (χ0v) is 19.3. The monoisotopic (exact) mass is 405 g/mol. The molecule has 1 unspecified atom stereocenters. The van der Waals surface area contributed by atoms with Crippen molar-refractivity contribution in [1.29, 1.82) is 0 Å². The van der Waals surface area contributed by atoms with Crippen molar-refractivity contribution >= 4 is 0 Å². The Balaban J connectivity index is 0.00000729. The van der Waals surface area contributed by atoms with Crippen LogP contribution in [0, 0.1) is 0 Å². The lowest BCUT2D eigenvalue weighted by molar-refractivity contribution is -0.930. The van der Waals surface area contributed by atoms with E-state index in [1.165, 1.54) is 76.3 Å². The molecule has 0 fully saturated rings. The van der Waals surface area contributed by atoms with Gasteiger partial charge in [-0.1, -0.05) is 101 Å². The number of hydrogen-bond donors (Lipinski definition) is 0. The Kier molecular flexibility index (Phi) is 17.3. The highest BCUT2D eigenvalue weighted by atomic mass is 35.5. The fourth-order valence-electron chi connectivity index (χ4n) is 3.97. The van der Waals surface area contributed by atoms with Crippen molar-refractivity contribution in [3.05, 3.63) is 60.7 Å². The van der Waals surface area contributed by atoms with E-state index in [2.05, 4.69) is 69.0 Å². The van der Waals surface area contributed by atoms with Crippen molar-refractivity contribution in [3.8, 4) is 0 Å². The second-order valence-corrected chi connectivity index (χ2v) is 8.11. The van der Waals surface area contributed by atoms with Gasteiger partial charge in [-0.2, -0.15) is 0 Å². The van der Waals surface area contributed by atoms with Gasteiger partial charge in [0.05, 0.1) is 19.6 Å². The van der Waals surface area contributed by atoms with Gasteiger partial charge in [-0.3, -0.25) is 0 Å². The van der Waals surface area contributed by atoms with Gasteiger partial charge in [0.2, 0.25) is 0 Å². The third-order valence-electron chi connectivity index (χ3n) is 5.59. The second kappa shape index (κ2) is 18.0. The number of nitrogens with zero attached hydrogens (tertiary/aromatic N) is 1. The molecule has 0 spiro atoms. The summed E-state index contributed by atoms with van der Waals surface area (Å²) < 4.78 is 1.11. The molecule has 2 heteroatoms. The van der Waals surface area contributed by atoms with Crippen LogP contribution >= 0.6 is 0 Å². The van der Waals surface area contributed by atoms with Crippen LogP contribution in [0.25, 0.3) is 0 Å². The van der Waals surface area contributed by atoms with Crippen molar-refractivity contribution < 1.29 is 16.9 Å². The first kappa shape index (κ1) is 27.0. The van der Waals surface area contributed by atoms with E-state index in [-0.39, 0.29) is 12.4 Å². The predicted molar refractivity (Wildman–Crippen MR) is 122 cm³/mol. The average molecular weight is 406 g/mol. The van der Waals surface area contributed by atoms with Gasteiger partial charge in [-0.15, -0.1) is 0 Å². The van der Waals surface area contributed by atoms with Gasteiger partial charge in [-0.25, -0.2) is 0 Å². The van der Waals surface area contributed by atoms with Crippen LogP contribution in [0.3, 0.4) is 0 Å². The Morgan fingerprint density at radius 2 is 1.39 bits per heavy atom. The molecule has 0 aliphatic heterocycles. The van der Waals surface area contributed by atoms with Crippen LogP contribution in [0.1, 0.15) is 83.6 Å². The van der Waals surface area contributed by atoms with E-state index in [1.807, 2.05) is 0 Å². The van der Waals surface area contributed by atoms with Crippen molar-refractivity contribution in [1.82, 2.24) is 0 Å². The van der Waals surface area contributed by atoms with Gasteiger partial charge in [0.15, 0.2) is 0 Å². The Morgan fingerprint density at radius 1 is 0.821 bits per heavy atom. The van der Waals surface area contributed by atoms with Crippen molar-refractivity contribution in [2.45, 2.75) is 84.6 Å². The molecule has 0 heterocycles. The molecule has 1 aromatic carbocycles. The molecule has 160 valence electrons. The summed E-state index contributed by atoms with van der Waals surface area (Å²) in [7, 11) is 0. The van der Waals surface area contributed by atoms with Gasteiger partial charge < -0.3 is 16.9 Å². The lowest BCUT2D eigenvalue weighted by Gasteiger charge is -2.37. The third-order valence-corrected chi connectivity index (χ3v) is 5.59. The van der Waals surface area contributed by atoms with Gasteiger partial charge in [-0.05, 0) is 31.9 Å². The number of unbranched alkanes of at least 4 members (excludes halogenated alkanes) is 9. The molecule has 0 N–H and O–H groups in total. The summed E-state index contributed by atoms with van der Waals surface area (Å²) in [6.07, 6.45) is 20.7. The summed E-state index contributed by atoms with van der Waals surface area (Å²) in [4.78, 5) is 0. The molecule has 0 aliphatic carbocycles. The minimum absolute atomic E-state index is 0. The van der Waals surface area contributed by atoms with E-state index in [0.717, 1.165) is 24.1 Å². The van der Waals surface area contributed by atoms with Gasteiger partial charge in [0.25, 0.3) is 0 Å². The molecule has 0 bridgehead atoms. The molecule has 0 radical (unpaired) electrons. The van der Waals surface area contributed by atoms with Crippen LogP contribution in [0.15, 0.2) is 55.1 Å². The Labute approximate surface area is 181 Å². The van der Waals surface area contributed by atoms with Crippen molar-refractivity contribution in [2.75, 3.05) is 19.6 Å². The SMILES string of the molecule is C=CC[N+](CC=CC)(CCCCCCCCCCCC)Cc1ccccc1.[Cl-]. The summed E-state index contributed by atoms with van der Waals surface area (Å²) >= 11 is 0. The molecular weight excluding hydrogens is 362 g/mol. The topological polar surface area (TPSA) is 0 Å². The highest BCUT2D eigenvalue weighted by molar-refractivity contribution is 5.13. The Bertz CT molecular complexity index is 496. The van der Waals surface area contributed by atoms with Gasteiger partial charge >= 0.3 is 0 Å².